The lowest BCUT2D eigenvalue weighted by molar-refractivity contribution is 0.00233. The minimum absolute atomic E-state index is 0.133. The van der Waals surface area contributed by atoms with Gasteiger partial charge >= 0.3 is 0 Å². The SMILES string of the molecule is CC(C)OC[C@]12CCCN1C[C@H](O)C2. The molecule has 82 valence electrons. The number of hydrogen-bond donors (Lipinski definition) is 1. The van der Waals surface area contributed by atoms with Gasteiger partial charge in [-0.2, -0.15) is 0 Å². The molecule has 2 rings (SSSR count). The standard InChI is InChI=1S/C11H21NO2/c1-9(2)14-8-11-4-3-5-12(11)7-10(13)6-11/h9-10,13H,3-8H2,1-2H3/t10-,11-/m1/s1. The van der Waals surface area contributed by atoms with E-state index in [0.717, 1.165) is 26.1 Å². The van der Waals surface area contributed by atoms with Crippen molar-refractivity contribution in [2.75, 3.05) is 19.7 Å². The van der Waals surface area contributed by atoms with Gasteiger partial charge in [-0.15, -0.1) is 0 Å². The largest absolute Gasteiger partial charge is 0.392 e. The van der Waals surface area contributed by atoms with Crippen LogP contribution in [0.1, 0.15) is 33.1 Å². The van der Waals surface area contributed by atoms with Gasteiger partial charge in [0.1, 0.15) is 0 Å². The summed E-state index contributed by atoms with van der Waals surface area (Å²) >= 11 is 0. The van der Waals surface area contributed by atoms with E-state index in [9.17, 15) is 5.11 Å². The fourth-order valence-corrected chi connectivity index (χ4v) is 2.81. The number of fused-ring (bicyclic) bond motifs is 1. The summed E-state index contributed by atoms with van der Waals surface area (Å²) in [5, 5.41) is 9.67. The van der Waals surface area contributed by atoms with Crippen LogP contribution in [0.15, 0.2) is 0 Å². The lowest BCUT2D eigenvalue weighted by atomic mass is 9.94. The number of hydrogen-bond acceptors (Lipinski definition) is 3. The van der Waals surface area contributed by atoms with Gasteiger partial charge in [0, 0.05) is 12.1 Å². The number of rotatable bonds is 3. The van der Waals surface area contributed by atoms with E-state index in [1.165, 1.54) is 12.8 Å². The molecule has 0 radical (unpaired) electrons. The minimum Gasteiger partial charge on any atom is -0.392 e. The first-order valence-corrected chi connectivity index (χ1v) is 5.67. The van der Waals surface area contributed by atoms with E-state index in [-0.39, 0.29) is 11.6 Å². The summed E-state index contributed by atoms with van der Waals surface area (Å²) in [5.74, 6) is 0. The molecule has 2 atom stereocenters. The van der Waals surface area contributed by atoms with Crippen LogP contribution >= 0.6 is 0 Å². The van der Waals surface area contributed by atoms with Crippen LogP contribution in [0.5, 0.6) is 0 Å². The van der Waals surface area contributed by atoms with E-state index in [1.54, 1.807) is 0 Å². The Balaban J connectivity index is 1.98. The summed E-state index contributed by atoms with van der Waals surface area (Å²) in [4.78, 5) is 2.42. The van der Waals surface area contributed by atoms with Crippen LogP contribution in [0, 0.1) is 0 Å². The molecule has 2 aliphatic rings. The second kappa shape index (κ2) is 3.80. The molecule has 0 spiro atoms. The maximum absolute atomic E-state index is 9.67. The number of aliphatic hydroxyl groups excluding tert-OH is 1. The van der Waals surface area contributed by atoms with Crippen molar-refractivity contribution in [2.45, 2.75) is 50.9 Å². The minimum atomic E-state index is -0.133. The first kappa shape index (κ1) is 10.4. The van der Waals surface area contributed by atoms with Gasteiger partial charge in [0.15, 0.2) is 0 Å². The molecular formula is C11H21NO2. The lowest BCUT2D eigenvalue weighted by Gasteiger charge is -2.32. The van der Waals surface area contributed by atoms with E-state index in [0.29, 0.717) is 6.10 Å². The van der Waals surface area contributed by atoms with Gasteiger partial charge in [-0.1, -0.05) is 0 Å². The molecule has 2 aliphatic heterocycles. The Morgan fingerprint density at radius 3 is 3.07 bits per heavy atom. The fraction of sp³-hybridized carbons (Fsp3) is 1.00. The molecule has 0 aliphatic carbocycles. The Hall–Kier alpha value is -0.120. The van der Waals surface area contributed by atoms with Gasteiger partial charge in [0.25, 0.3) is 0 Å². The van der Waals surface area contributed by atoms with Gasteiger partial charge in [-0.25, -0.2) is 0 Å². The molecule has 1 N–H and O–H groups in total. The van der Waals surface area contributed by atoms with Gasteiger partial charge < -0.3 is 9.84 Å². The van der Waals surface area contributed by atoms with Crippen LogP contribution in [0.4, 0.5) is 0 Å². The van der Waals surface area contributed by atoms with E-state index >= 15 is 0 Å². The molecule has 2 saturated heterocycles. The van der Waals surface area contributed by atoms with Crippen LogP contribution in [0.2, 0.25) is 0 Å². The van der Waals surface area contributed by atoms with Crippen LogP contribution in [0.3, 0.4) is 0 Å². The van der Waals surface area contributed by atoms with Crippen molar-refractivity contribution in [3.05, 3.63) is 0 Å². The Morgan fingerprint density at radius 1 is 1.57 bits per heavy atom. The van der Waals surface area contributed by atoms with Gasteiger partial charge in [0.2, 0.25) is 0 Å². The zero-order chi connectivity index (χ0) is 10.2. The summed E-state index contributed by atoms with van der Waals surface area (Å²) in [6.07, 6.45) is 3.51. The molecule has 0 aromatic heterocycles. The molecule has 3 heteroatoms. The van der Waals surface area contributed by atoms with E-state index in [2.05, 4.69) is 18.7 Å². The molecule has 2 fully saturated rings. The van der Waals surface area contributed by atoms with Crippen molar-refractivity contribution < 1.29 is 9.84 Å². The van der Waals surface area contributed by atoms with Crippen LogP contribution in [0.25, 0.3) is 0 Å². The molecule has 0 bridgehead atoms. The van der Waals surface area contributed by atoms with Crippen molar-refractivity contribution >= 4 is 0 Å². The number of β-amino-alcohol motifs (C(OH)–C–C–N with tert-alkyl or cyclic N) is 1. The van der Waals surface area contributed by atoms with E-state index in [1.807, 2.05) is 0 Å². The molecule has 0 aromatic rings. The first-order chi connectivity index (χ1) is 6.62. The third-order valence-corrected chi connectivity index (χ3v) is 3.47. The summed E-state index contributed by atoms with van der Waals surface area (Å²) in [5.41, 5.74) is 0.170. The highest BCUT2D eigenvalue weighted by molar-refractivity contribution is 5.03. The smallest absolute Gasteiger partial charge is 0.0685 e. The van der Waals surface area contributed by atoms with Gasteiger partial charge in [-0.3, -0.25) is 4.90 Å². The molecule has 0 unspecified atom stereocenters. The number of ether oxygens (including phenoxy) is 1. The topological polar surface area (TPSA) is 32.7 Å². The highest BCUT2D eigenvalue weighted by atomic mass is 16.5. The van der Waals surface area contributed by atoms with Crippen molar-refractivity contribution in [1.29, 1.82) is 0 Å². The molecule has 0 saturated carbocycles. The second-order valence-electron chi connectivity index (χ2n) is 4.99. The molecular weight excluding hydrogens is 178 g/mol. The number of aliphatic hydroxyl groups is 1. The van der Waals surface area contributed by atoms with E-state index < -0.39 is 0 Å². The maximum atomic E-state index is 9.67. The third-order valence-electron chi connectivity index (χ3n) is 3.47. The summed E-state index contributed by atoms with van der Waals surface area (Å²) in [6, 6.07) is 0. The zero-order valence-corrected chi connectivity index (χ0v) is 9.20. The van der Waals surface area contributed by atoms with Crippen LogP contribution in [-0.2, 0) is 4.74 Å². The Labute approximate surface area is 86.0 Å². The Kier molecular flexibility index (Phi) is 2.82. The highest BCUT2D eigenvalue weighted by Crippen LogP contribution is 2.39. The zero-order valence-electron chi connectivity index (χ0n) is 9.20. The number of nitrogens with zero attached hydrogens (tertiary/aromatic N) is 1. The summed E-state index contributed by atoms with van der Waals surface area (Å²) < 4.78 is 5.73. The van der Waals surface area contributed by atoms with Crippen molar-refractivity contribution in [2.24, 2.45) is 0 Å². The van der Waals surface area contributed by atoms with Crippen molar-refractivity contribution in [1.82, 2.24) is 4.90 Å². The van der Waals surface area contributed by atoms with Crippen LogP contribution < -0.4 is 0 Å². The lowest BCUT2D eigenvalue weighted by Crippen LogP contribution is -2.43. The monoisotopic (exact) mass is 199 g/mol. The quantitative estimate of drug-likeness (QED) is 0.736. The predicted octanol–water partition coefficient (Wildman–Crippen LogP) is 1.01. The molecule has 3 nitrogen and oxygen atoms in total. The summed E-state index contributed by atoms with van der Waals surface area (Å²) in [7, 11) is 0. The second-order valence-corrected chi connectivity index (χ2v) is 4.99. The average molecular weight is 199 g/mol. The molecule has 14 heavy (non-hydrogen) atoms. The normalized spacial score (nSPS) is 38.1. The first-order valence-electron chi connectivity index (χ1n) is 5.67. The van der Waals surface area contributed by atoms with Gasteiger partial charge in [-0.05, 0) is 39.7 Å². The Morgan fingerprint density at radius 2 is 2.36 bits per heavy atom. The molecule has 0 aromatic carbocycles. The van der Waals surface area contributed by atoms with Crippen molar-refractivity contribution in [3.63, 3.8) is 0 Å². The molecule has 2 heterocycles. The van der Waals surface area contributed by atoms with Crippen LogP contribution in [-0.4, -0.2) is 47.4 Å². The van der Waals surface area contributed by atoms with Crippen molar-refractivity contribution in [3.8, 4) is 0 Å². The molecule has 0 amide bonds. The highest BCUT2D eigenvalue weighted by Gasteiger charge is 2.48. The maximum Gasteiger partial charge on any atom is 0.0685 e. The predicted molar refractivity (Wildman–Crippen MR) is 55.2 cm³/mol. The van der Waals surface area contributed by atoms with E-state index in [4.69, 9.17) is 4.74 Å². The Bertz CT molecular complexity index is 207. The van der Waals surface area contributed by atoms with Gasteiger partial charge in [0.05, 0.1) is 18.8 Å². The fourth-order valence-electron chi connectivity index (χ4n) is 2.81. The summed E-state index contributed by atoms with van der Waals surface area (Å²) in [6.45, 7) is 6.92. The third kappa shape index (κ3) is 1.81. The average Bonchev–Trinajstić information content (AvgIpc) is 2.56.